The number of hydrogen-bond acceptors (Lipinski definition) is 7. The van der Waals surface area contributed by atoms with Crippen molar-refractivity contribution in [2.24, 2.45) is 0 Å². The third-order valence-corrected chi connectivity index (χ3v) is 4.80. The second kappa shape index (κ2) is 7.86. The lowest BCUT2D eigenvalue weighted by atomic mass is 10.1. The zero-order chi connectivity index (χ0) is 19.4. The Morgan fingerprint density at radius 3 is 2.46 bits per heavy atom. The average Bonchev–Trinajstić information content (AvgIpc) is 3.04. The standard InChI is InChI=1S/C17H23N3O5S/c1-5-26(22,23)16-20-19-14(24-16)13(11-12-9-7-6-8-10-12)18-15(21)25-17(2,3)4/h6-10,13H,5,11H2,1-4H3,(H,18,21)/t13-/m1/s1. The number of benzene rings is 1. The van der Waals surface area contributed by atoms with Crippen molar-refractivity contribution in [1.82, 2.24) is 15.5 Å². The minimum atomic E-state index is -3.63. The molecule has 0 bridgehead atoms. The number of nitrogens with zero attached hydrogens (tertiary/aromatic N) is 2. The number of hydrogen-bond donors (Lipinski definition) is 1. The fourth-order valence-electron chi connectivity index (χ4n) is 2.11. The molecule has 8 nitrogen and oxygen atoms in total. The topological polar surface area (TPSA) is 111 Å². The van der Waals surface area contributed by atoms with Crippen LogP contribution in [0.4, 0.5) is 4.79 Å². The summed E-state index contributed by atoms with van der Waals surface area (Å²) in [6.45, 7) is 6.73. The first-order chi connectivity index (χ1) is 12.1. The summed E-state index contributed by atoms with van der Waals surface area (Å²) in [5, 5.41) is 9.63. The molecule has 2 rings (SSSR count). The summed E-state index contributed by atoms with van der Waals surface area (Å²) in [5.74, 6) is -0.149. The molecule has 1 aromatic heterocycles. The van der Waals surface area contributed by atoms with E-state index in [0.29, 0.717) is 6.42 Å². The van der Waals surface area contributed by atoms with Crippen molar-refractivity contribution in [3.63, 3.8) is 0 Å². The number of alkyl carbamates (subject to hydrolysis) is 1. The predicted octanol–water partition coefficient (Wildman–Crippen LogP) is 2.67. The lowest BCUT2D eigenvalue weighted by molar-refractivity contribution is 0.0494. The SMILES string of the molecule is CCS(=O)(=O)c1nnc([C@@H](Cc2ccccc2)NC(=O)OC(C)(C)C)o1. The minimum absolute atomic E-state index is 0.00624. The Kier molecular flexibility index (Phi) is 6.01. The maximum Gasteiger partial charge on any atom is 0.408 e. The van der Waals surface area contributed by atoms with Crippen molar-refractivity contribution in [3.8, 4) is 0 Å². The van der Waals surface area contributed by atoms with E-state index < -0.39 is 32.8 Å². The van der Waals surface area contributed by atoms with Gasteiger partial charge in [0.1, 0.15) is 11.6 Å². The molecule has 26 heavy (non-hydrogen) atoms. The molecule has 0 spiro atoms. The number of aromatic nitrogens is 2. The van der Waals surface area contributed by atoms with Gasteiger partial charge in [0.25, 0.3) is 0 Å². The molecule has 0 saturated carbocycles. The maximum atomic E-state index is 12.2. The molecule has 0 unspecified atom stereocenters. The van der Waals surface area contributed by atoms with Gasteiger partial charge in [-0.05, 0) is 26.3 Å². The number of amides is 1. The molecule has 1 amide bonds. The van der Waals surface area contributed by atoms with Crippen LogP contribution in [0.2, 0.25) is 0 Å². The van der Waals surface area contributed by atoms with Crippen LogP contribution in [0.1, 0.15) is 45.2 Å². The number of rotatable bonds is 6. The first-order valence-corrected chi connectivity index (χ1v) is 9.85. The Labute approximate surface area is 152 Å². The summed E-state index contributed by atoms with van der Waals surface area (Å²) in [7, 11) is -3.63. The summed E-state index contributed by atoms with van der Waals surface area (Å²) in [6, 6.07) is 8.63. The van der Waals surface area contributed by atoms with Gasteiger partial charge in [0.2, 0.25) is 15.7 Å². The highest BCUT2D eigenvalue weighted by molar-refractivity contribution is 7.91. The summed E-state index contributed by atoms with van der Waals surface area (Å²) in [6.07, 6.45) is -0.315. The summed E-state index contributed by atoms with van der Waals surface area (Å²) in [4.78, 5) is 12.2. The number of sulfone groups is 1. The van der Waals surface area contributed by atoms with Crippen LogP contribution in [-0.2, 0) is 21.0 Å². The van der Waals surface area contributed by atoms with E-state index in [2.05, 4.69) is 15.5 Å². The third-order valence-electron chi connectivity index (χ3n) is 3.34. The van der Waals surface area contributed by atoms with Crippen molar-refractivity contribution < 1.29 is 22.4 Å². The minimum Gasteiger partial charge on any atom is -0.444 e. The van der Waals surface area contributed by atoms with Crippen molar-refractivity contribution in [3.05, 3.63) is 41.8 Å². The normalized spacial score (nSPS) is 13.2. The van der Waals surface area contributed by atoms with Crippen LogP contribution in [0, 0.1) is 0 Å². The van der Waals surface area contributed by atoms with Gasteiger partial charge in [-0.25, -0.2) is 13.2 Å². The van der Waals surface area contributed by atoms with E-state index in [-0.39, 0.29) is 11.6 Å². The molecule has 0 saturated heterocycles. The van der Waals surface area contributed by atoms with Crippen LogP contribution in [-0.4, -0.2) is 36.1 Å². The average molecular weight is 381 g/mol. The zero-order valence-corrected chi connectivity index (χ0v) is 16.0. The third kappa shape index (κ3) is 5.55. The van der Waals surface area contributed by atoms with E-state index in [9.17, 15) is 13.2 Å². The molecule has 0 fully saturated rings. The van der Waals surface area contributed by atoms with Gasteiger partial charge in [0, 0.05) is 6.42 Å². The predicted molar refractivity (Wildman–Crippen MR) is 94.3 cm³/mol. The quantitative estimate of drug-likeness (QED) is 0.818. The highest BCUT2D eigenvalue weighted by Crippen LogP contribution is 2.20. The molecular formula is C17H23N3O5S. The molecule has 1 atom stereocenters. The lowest BCUT2D eigenvalue weighted by Gasteiger charge is -2.22. The van der Waals surface area contributed by atoms with Gasteiger partial charge in [-0.15, -0.1) is 5.10 Å². The van der Waals surface area contributed by atoms with Gasteiger partial charge in [-0.3, -0.25) is 0 Å². The van der Waals surface area contributed by atoms with Crippen LogP contribution in [0.3, 0.4) is 0 Å². The lowest BCUT2D eigenvalue weighted by Crippen LogP contribution is -2.36. The number of carbonyl (C=O) groups excluding carboxylic acids is 1. The second-order valence-electron chi connectivity index (χ2n) is 6.70. The Balaban J connectivity index is 2.27. The Morgan fingerprint density at radius 2 is 1.88 bits per heavy atom. The summed E-state index contributed by atoms with van der Waals surface area (Å²) >= 11 is 0. The molecule has 0 aliphatic heterocycles. The molecule has 1 N–H and O–H groups in total. The van der Waals surface area contributed by atoms with E-state index in [1.54, 1.807) is 20.8 Å². The van der Waals surface area contributed by atoms with Crippen LogP contribution in [0.25, 0.3) is 0 Å². The van der Waals surface area contributed by atoms with Crippen molar-refractivity contribution in [1.29, 1.82) is 0 Å². The van der Waals surface area contributed by atoms with Crippen LogP contribution < -0.4 is 5.32 Å². The maximum absolute atomic E-state index is 12.2. The number of carbonyl (C=O) groups is 1. The van der Waals surface area contributed by atoms with Gasteiger partial charge in [-0.2, -0.15) is 0 Å². The van der Waals surface area contributed by atoms with Gasteiger partial charge < -0.3 is 14.5 Å². The van der Waals surface area contributed by atoms with Crippen molar-refractivity contribution >= 4 is 15.9 Å². The Morgan fingerprint density at radius 1 is 1.23 bits per heavy atom. The van der Waals surface area contributed by atoms with E-state index in [0.717, 1.165) is 5.56 Å². The van der Waals surface area contributed by atoms with Gasteiger partial charge >= 0.3 is 11.3 Å². The first-order valence-electron chi connectivity index (χ1n) is 8.20. The molecule has 0 aliphatic carbocycles. The first kappa shape index (κ1) is 19.9. The molecule has 1 aromatic carbocycles. The highest BCUT2D eigenvalue weighted by Gasteiger charge is 2.27. The molecule has 0 radical (unpaired) electrons. The molecule has 1 heterocycles. The summed E-state index contributed by atoms with van der Waals surface area (Å²) < 4.78 is 34.4. The zero-order valence-electron chi connectivity index (χ0n) is 15.2. The highest BCUT2D eigenvalue weighted by atomic mass is 32.2. The van der Waals surface area contributed by atoms with Crippen LogP contribution in [0.5, 0.6) is 0 Å². The van der Waals surface area contributed by atoms with Crippen molar-refractivity contribution in [2.45, 2.75) is 51.0 Å². The fraction of sp³-hybridized carbons (Fsp3) is 0.471. The van der Waals surface area contributed by atoms with Gasteiger partial charge in [-0.1, -0.05) is 42.4 Å². The van der Waals surface area contributed by atoms with Crippen LogP contribution >= 0.6 is 0 Å². The fourth-order valence-corrected chi connectivity index (χ4v) is 2.73. The molecule has 142 valence electrons. The number of nitrogens with one attached hydrogen (secondary N) is 1. The smallest absolute Gasteiger partial charge is 0.408 e. The van der Waals surface area contributed by atoms with Crippen LogP contribution in [0.15, 0.2) is 40.0 Å². The molecule has 0 aliphatic rings. The van der Waals surface area contributed by atoms with E-state index in [1.807, 2.05) is 30.3 Å². The van der Waals surface area contributed by atoms with Crippen molar-refractivity contribution in [2.75, 3.05) is 5.75 Å². The summed E-state index contributed by atoms with van der Waals surface area (Å²) in [5.41, 5.74) is 0.235. The molecule has 9 heteroatoms. The molecule has 2 aromatic rings. The van der Waals surface area contributed by atoms with E-state index >= 15 is 0 Å². The van der Waals surface area contributed by atoms with Gasteiger partial charge in [0.15, 0.2) is 0 Å². The Bertz CT molecular complexity index is 841. The van der Waals surface area contributed by atoms with E-state index in [4.69, 9.17) is 9.15 Å². The Hall–Kier alpha value is -2.42. The van der Waals surface area contributed by atoms with E-state index in [1.165, 1.54) is 6.92 Å². The second-order valence-corrected chi connectivity index (χ2v) is 8.85. The molecular weight excluding hydrogens is 358 g/mol. The van der Waals surface area contributed by atoms with Gasteiger partial charge in [0.05, 0.1) is 5.75 Å². The monoisotopic (exact) mass is 381 g/mol. The largest absolute Gasteiger partial charge is 0.444 e. The number of ether oxygens (including phenoxy) is 1.